The molecule has 0 radical (unpaired) electrons. The fourth-order valence-electron chi connectivity index (χ4n) is 3.15. The summed E-state index contributed by atoms with van der Waals surface area (Å²) in [6.45, 7) is 10.9. The van der Waals surface area contributed by atoms with Gasteiger partial charge in [-0.2, -0.15) is 0 Å². The molecule has 0 spiro atoms. The van der Waals surface area contributed by atoms with E-state index in [2.05, 4.69) is 55.3 Å². The molecule has 7 heteroatoms. The maximum absolute atomic E-state index is 11.7. The number of benzene rings is 1. The highest BCUT2D eigenvalue weighted by atomic mass is 127. The van der Waals surface area contributed by atoms with E-state index in [4.69, 9.17) is 10.5 Å². The van der Waals surface area contributed by atoms with Crippen LogP contribution in [0.4, 0.5) is 4.79 Å². The van der Waals surface area contributed by atoms with Gasteiger partial charge in [0.25, 0.3) is 0 Å². The van der Waals surface area contributed by atoms with Gasteiger partial charge in [0, 0.05) is 25.7 Å². The molecule has 0 saturated carbocycles. The van der Waals surface area contributed by atoms with Crippen LogP contribution in [0, 0.1) is 0 Å². The molecular formula is C21H35IN4O2. The number of hydrogen-bond donors (Lipinski definition) is 2. The number of ether oxygens (including phenoxy) is 1. The van der Waals surface area contributed by atoms with E-state index in [-0.39, 0.29) is 41.5 Å². The lowest BCUT2D eigenvalue weighted by Gasteiger charge is -2.31. The monoisotopic (exact) mass is 502 g/mol. The first-order chi connectivity index (χ1) is 12.8. The third-order valence-electron chi connectivity index (χ3n) is 4.88. The zero-order chi connectivity index (χ0) is 19.9. The molecule has 1 amide bonds. The predicted molar refractivity (Wildman–Crippen MR) is 126 cm³/mol. The molecule has 6 nitrogen and oxygen atoms in total. The average Bonchev–Trinajstić information content (AvgIpc) is 2.62. The van der Waals surface area contributed by atoms with Crippen molar-refractivity contribution in [1.82, 2.24) is 10.2 Å². The summed E-state index contributed by atoms with van der Waals surface area (Å²) in [7, 11) is 0. The van der Waals surface area contributed by atoms with Crippen molar-refractivity contribution in [2.75, 3.05) is 26.2 Å². The quantitative estimate of drug-likeness (QED) is 0.366. The molecule has 2 rings (SSSR count). The predicted octanol–water partition coefficient (Wildman–Crippen LogP) is 3.67. The molecule has 28 heavy (non-hydrogen) atoms. The van der Waals surface area contributed by atoms with Gasteiger partial charge in [-0.05, 0) is 42.7 Å². The van der Waals surface area contributed by atoms with Crippen LogP contribution in [0.1, 0.15) is 51.7 Å². The van der Waals surface area contributed by atoms with Crippen molar-refractivity contribution in [3.63, 3.8) is 0 Å². The third kappa shape index (κ3) is 7.85. The lowest BCUT2D eigenvalue weighted by Crippen LogP contribution is -2.48. The molecule has 0 aliphatic carbocycles. The van der Waals surface area contributed by atoms with E-state index in [0.717, 1.165) is 19.3 Å². The van der Waals surface area contributed by atoms with Crippen LogP contribution < -0.4 is 11.1 Å². The van der Waals surface area contributed by atoms with Gasteiger partial charge in [-0.1, -0.05) is 45.0 Å². The first-order valence-corrected chi connectivity index (χ1v) is 9.87. The number of aliphatic imine (C=N–C) groups is 1. The number of likely N-dealkylation sites (tertiary alicyclic amines) is 1. The average molecular weight is 502 g/mol. The maximum Gasteiger partial charge on any atom is 0.409 e. The normalized spacial score (nSPS) is 15.7. The molecule has 0 unspecified atom stereocenters. The SMILES string of the molecule is CCOC(=O)N1CCC(NC(N)=NCCc2ccc(C(C)(C)C)cc2)CC1.I. The number of nitrogens with two attached hydrogens (primary N) is 1. The van der Waals surface area contributed by atoms with Crippen LogP contribution in [0.3, 0.4) is 0 Å². The molecule has 1 fully saturated rings. The minimum atomic E-state index is -0.227. The van der Waals surface area contributed by atoms with Crippen molar-refractivity contribution in [3.05, 3.63) is 35.4 Å². The van der Waals surface area contributed by atoms with E-state index in [0.29, 0.717) is 32.2 Å². The molecule has 1 heterocycles. The summed E-state index contributed by atoms with van der Waals surface area (Å²) in [5.74, 6) is 0.482. The Kier molecular flexibility index (Phi) is 10.1. The van der Waals surface area contributed by atoms with Crippen LogP contribution in [0.15, 0.2) is 29.3 Å². The topological polar surface area (TPSA) is 80.0 Å². The number of carbonyl (C=O) groups excluding carboxylic acids is 1. The van der Waals surface area contributed by atoms with Gasteiger partial charge in [0.2, 0.25) is 0 Å². The fourth-order valence-corrected chi connectivity index (χ4v) is 3.15. The largest absolute Gasteiger partial charge is 0.450 e. The summed E-state index contributed by atoms with van der Waals surface area (Å²) in [6, 6.07) is 8.98. The van der Waals surface area contributed by atoms with E-state index in [1.165, 1.54) is 11.1 Å². The number of carbonyl (C=O) groups is 1. The van der Waals surface area contributed by atoms with Crippen LogP contribution in [-0.4, -0.2) is 49.2 Å². The molecule has 158 valence electrons. The van der Waals surface area contributed by atoms with Crippen molar-refractivity contribution in [2.45, 2.75) is 58.4 Å². The number of nitrogens with zero attached hydrogens (tertiary/aromatic N) is 2. The van der Waals surface area contributed by atoms with Crippen molar-refractivity contribution >= 4 is 36.0 Å². The number of nitrogens with one attached hydrogen (secondary N) is 1. The van der Waals surface area contributed by atoms with Crippen LogP contribution in [0.5, 0.6) is 0 Å². The Morgan fingerprint density at radius 3 is 2.39 bits per heavy atom. The highest BCUT2D eigenvalue weighted by Crippen LogP contribution is 2.22. The van der Waals surface area contributed by atoms with E-state index >= 15 is 0 Å². The van der Waals surface area contributed by atoms with Gasteiger partial charge in [-0.15, -0.1) is 24.0 Å². The number of rotatable bonds is 5. The second kappa shape index (κ2) is 11.5. The Morgan fingerprint density at radius 2 is 1.86 bits per heavy atom. The summed E-state index contributed by atoms with van der Waals surface area (Å²) >= 11 is 0. The van der Waals surface area contributed by atoms with Crippen LogP contribution in [0.25, 0.3) is 0 Å². The highest BCUT2D eigenvalue weighted by molar-refractivity contribution is 14.0. The van der Waals surface area contributed by atoms with Gasteiger partial charge in [0.15, 0.2) is 5.96 Å². The zero-order valence-electron chi connectivity index (χ0n) is 17.5. The molecule has 1 saturated heterocycles. The zero-order valence-corrected chi connectivity index (χ0v) is 19.9. The molecule has 1 aliphatic rings. The van der Waals surface area contributed by atoms with E-state index < -0.39 is 0 Å². The van der Waals surface area contributed by atoms with Gasteiger partial charge in [0.1, 0.15) is 0 Å². The smallest absolute Gasteiger partial charge is 0.409 e. The van der Waals surface area contributed by atoms with Crippen LogP contribution >= 0.6 is 24.0 Å². The Hall–Kier alpha value is -1.51. The minimum Gasteiger partial charge on any atom is -0.450 e. The second-order valence-electron chi connectivity index (χ2n) is 8.07. The molecular weight excluding hydrogens is 467 g/mol. The van der Waals surface area contributed by atoms with Gasteiger partial charge >= 0.3 is 6.09 Å². The first-order valence-electron chi connectivity index (χ1n) is 9.87. The minimum absolute atomic E-state index is 0. The van der Waals surface area contributed by atoms with Gasteiger partial charge < -0.3 is 20.7 Å². The molecule has 1 aromatic carbocycles. The molecule has 1 aliphatic heterocycles. The molecule has 0 bridgehead atoms. The summed E-state index contributed by atoms with van der Waals surface area (Å²) in [4.78, 5) is 17.9. The van der Waals surface area contributed by atoms with Gasteiger partial charge in [-0.25, -0.2) is 4.79 Å². The lowest BCUT2D eigenvalue weighted by molar-refractivity contribution is 0.0963. The van der Waals surface area contributed by atoms with Gasteiger partial charge in [0.05, 0.1) is 6.61 Å². The van der Waals surface area contributed by atoms with Gasteiger partial charge in [-0.3, -0.25) is 4.99 Å². The van der Waals surface area contributed by atoms with E-state index in [1.54, 1.807) is 4.90 Å². The maximum atomic E-state index is 11.7. The summed E-state index contributed by atoms with van der Waals surface area (Å²) < 4.78 is 5.04. The Labute approximate surface area is 186 Å². The van der Waals surface area contributed by atoms with Crippen LogP contribution in [0.2, 0.25) is 0 Å². The molecule has 1 aromatic rings. The first kappa shape index (κ1) is 24.5. The standard InChI is InChI=1S/C21H34N4O2.HI/c1-5-27-20(26)25-14-11-18(12-15-25)24-19(22)23-13-10-16-6-8-17(9-7-16)21(2,3)4;/h6-9,18H,5,10-15H2,1-4H3,(H3,22,23,24);1H. The van der Waals surface area contributed by atoms with Crippen molar-refractivity contribution in [2.24, 2.45) is 10.7 Å². The fraction of sp³-hybridized carbons (Fsp3) is 0.619. The van der Waals surface area contributed by atoms with E-state index in [9.17, 15) is 4.79 Å². The lowest BCUT2D eigenvalue weighted by atomic mass is 9.86. The number of piperidine rings is 1. The Morgan fingerprint density at radius 1 is 1.25 bits per heavy atom. The Balaban J connectivity index is 0.00000392. The number of halogens is 1. The number of guanidine groups is 1. The molecule has 0 aromatic heterocycles. The third-order valence-corrected chi connectivity index (χ3v) is 4.88. The highest BCUT2D eigenvalue weighted by Gasteiger charge is 2.23. The van der Waals surface area contributed by atoms with Crippen molar-refractivity contribution < 1.29 is 9.53 Å². The van der Waals surface area contributed by atoms with Crippen LogP contribution in [-0.2, 0) is 16.6 Å². The van der Waals surface area contributed by atoms with Crippen molar-refractivity contribution in [1.29, 1.82) is 0 Å². The molecule has 3 N–H and O–H groups in total. The summed E-state index contributed by atoms with van der Waals surface area (Å²) in [6.07, 6.45) is 2.34. The number of amides is 1. The number of hydrogen-bond acceptors (Lipinski definition) is 3. The van der Waals surface area contributed by atoms with Crippen molar-refractivity contribution in [3.8, 4) is 0 Å². The second-order valence-corrected chi connectivity index (χ2v) is 8.07. The van der Waals surface area contributed by atoms with E-state index in [1.807, 2.05) is 6.92 Å². The molecule has 0 atom stereocenters. The summed E-state index contributed by atoms with van der Waals surface area (Å²) in [5.41, 5.74) is 8.80. The summed E-state index contributed by atoms with van der Waals surface area (Å²) in [5, 5.41) is 3.27. The Bertz CT molecular complexity index is 633.